The van der Waals surface area contributed by atoms with Gasteiger partial charge < -0.3 is 9.47 Å². The van der Waals surface area contributed by atoms with Crippen molar-refractivity contribution in [3.05, 3.63) is 64.2 Å². The lowest BCUT2D eigenvalue weighted by Gasteiger charge is -2.17. The molecule has 0 N–H and O–H groups in total. The highest BCUT2D eigenvalue weighted by Crippen LogP contribution is 2.37. The molecular weight excluding hydrogens is 345 g/mol. The number of hydrogen-bond acceptors (Lipinski definition) is 3. The predicted molar refractivity (Wildman–Crippen MR) is 92.3 cm³/mol. The monoisotopic (exact) mass is 366 g/mol. The van der Waals surface area contributed by atoms with E-state index < -0.39 is 17.7 Å². The zero-order valence-electron chi connectivity index (χ0n) is 14.9. The normalized spacial score (nSPS) is 11.3. The SMILES string of the molecule is CCCOC(=O)c1cccc(C)c1COc1ccc(C)cc1C(F)(F)F. The van der Waals surface area contributed by atoms with Crippen molar-refractivity contribution in [1.29, 1.82) is 0 Å². The van der Waals surface area contributed by atoms with Crippen molar-refractivity contribution in [3.8, 4) is 5.75 Å². The summed E-state index contributed by atoms with van der Waals surface area (Å²) in [5.41, 5.74) is 1.23. The molecule has 0 radical (unpaired) electrons. The van der Waals surface area contributed by atoms with E-state index in [1.54, 1.807) is 38.1 Å². The van der Waals surface area contributed by atoms with Gasteiger partial charge in [0.2, 0.25) is 0 Å². The molecule has 0 saturated heterocycles. The van der Waals surface area contributed by atoms with Gasteiger partial charge in [0.1, 0.15) is 12.4 Å². The molecule has 2 rings (SSSR count). The van der Waals surface area contributed by atoms with Crippen LogP contribution < -0.4 is 4.74 Å². The zero-order chi connectivity index (χ0) is 19.3. The second kappa shape index (κ2) is 8.25. The fourth-order valence-electron chi connectivity index (χ4n) is 2.50. The van der Waals surface area contributed by atoms with E-state index in [4.69, 9.17) is 9.47 Å². The molecule has 2 aromatic rings. The molecule has 0 aliphatic carbocycles. The Morgan fingerprint density at radius 1 is 1.12 bits per heavy atom. The molecule has 2 aromatic carbocycles. The number of halogens is 3. The van der Waals surface area contributed by atoms with Crippen LogP contribution in [0.2, 0.25) is 0 Å². The Labute approximate surface area is 150 Å². The maximum atomic E-state index is 13.2. The topological polar surface area (TPSA) is 35.5 Å². The molecule has 3 nitrogen and oxygen atoms in total. The van der Waals surface area contributed by atoms with Crippen LogP contribution in [0.5, 0.6) is 5.75 Å². The Morgan fingerprint density at radius 3 is 2.50 bits per heavy atom. The lowest BCUT2D eigenvalue weighted by Crippen LogP contribution is -2.13. The quantitative estimate of drug-likeness (QED) is 0.636. The minimum absolute atomic E-state index is 0.157. The van der Waals surface area contributed by atoms with Gasteiger partial charge in [-0.3, -0.25) is 0 Å². The Morgan fingerprint density at radius 2 is 1.85 bits per heavy atom. The van der Waals surface area contributed by atoms with Gasteiger partial charge in [-0.25, -0.2) is 4.79 Å². The number of hydrogen-bond donors (Lipinski definition) is 0. The van der Waals surface area contributed by atoms with Crippen molar-refractivity contribution in [2.24, 2.45) is 0 Å². The Balaban J connectivity index is 2.29. The summed E-state index contributed by atoms with van der Waals surface area (Å²) in [5, 5.41) is 0. The summed E-state index contributed by atoms with van der Waals surface area (Å²) in [5.74, 6) is -0.770. The van der Waals surface area contributed by atoms with Crippen molar-refractivity contribution in [2.75, 3.05) is 6.61 Å². The second-order valence-electron chi connectivity index (χ2n) is 6.02. The van der Waals surface area contributed by atoms with Gasteiger partial charge in [0.05, 0.1) is 17.7 Å². The van der Waals surface area contributed by atoms with Crippen molar-refractivity contribution in [2.45, 2.75) is 40.0 Å². The van der Waals surface area contributed by atoms with Crippen LogP contribution in [0.1, 0.15) is 46.0 Å². The number of benzene rings is 2. The van der Waals surface area contributed by atoms with E-state index in [0.29, 0.717) is 23.1 Å². The molecule has 0 aliphatic rings. The molecule has 0 heterocycles. The van der Waals surface area contributed by atoms with E-state index >= 15 is 0 Å². The smallest absolute Gasteiger partial charge is 0.419 e. The van der Waals surface area contributed by atoms with Gasteiger partial charge in [0.25, 0.3) is 0 Å². The summed E-state index contributed by atoms with van der Waals surface area (Å²) in [7, 11) is 0. The van der Waals surface area contributed by atoms with Crippen LogP contribution in [0.15, 0.2) is 36.4 Å². The molecule has 140 valence electrons. The minimum Gasteiger partial charge on any atom is -0.488 e. The van der Waals surface area contributed by atoms with Gasteiger partial charge in [-0.15, -0.1) is 0 Å². The maximum absolute atomic E-state index is 13.2. The van der Waals surface area contributed by atoms with Crippen LogP contribution in [0.25, 0.3) is 0 Å². The van der Waals surface area contributed by atoms with E-state index in [0.717, 1.165) is 11.6 Å². The third kappa shape index (κ3) is 4.77. The molecule has 0 aliphatic heterocycles. The molecule has 0 atom stereocenters. The standard InChI is InChI=1S/C20H21F3O3/c1-4-10-25-19(24)15-7-5-6-14(3)16(15)12-26-18-9-8-13(2)11-17(18)20(21,22)23/h5-9,11H,4,10,12H2,1-3H3. The van der Waals surface area contributed by atoms with Crippen molar-refractivity contribution in [1.82, 2.24) is 0 Å². The van der Waals surface area contributed by atoms with Gasteiger partial charge >= 0.3 is 12.1 Å². The van der Waals surface area contributed by atoms with E-state index in [1.807, 2.05) is 6.92 Å². The Bertz CT molecular complexity index is 782. The molecule has 0 unspecified atom stereocenters. The predicted octanol–water partition coefficient (Wildman–Crippen LogP) is 5.47. The third-order valence-corrected chi connectivity index (χ3v) is 3.88. The van der Waals surface area contributed by atoms with Gasteiger partial charge in [-0.05, 0) is 44.0 Å². The van der Waals surface area contributed by atoms with Gasteiger partial charge in [-0.2, -0.15) is 13.2 Å². The first-order valence-electron chi connectivity index (χ1n) is 8.30. The number of ether oxygens (including phenoxy) is 2. The maximum Gasteiger partial charge on any atom is 0.419 e. The first-order valence-corrected chi connectivity index (χ1v) is 8.30. The number of alkyl halides is 3. The second-order valence-corrected chi connectivity index (χ2v) is 6.02. The van der Waals surface area contributed by atoms with E-state index in [1.165, 1.54) is 6.07 Å². The van der Waals surface area contributed by atoms with E-state index in [2.05, 4.69) is 0 Å². The lowest BCUT2D eigenvalue weighted by atomic mass is 10.0. The summed E-state index contributed by atoms with van der Waals surface area (Å²) in [6, 6.07) is 8.96. The van der Waals surface area contributed by atoms with Crippen LogP contribution in [-0.4, -0.2) is 12.6 Å². The lowest BCUT2D eigenvalue weighted by molar-refractivity contribution is -0.139. The van der Waals surface area contributed by atoms with E-state index in [-0.39, 0.29) is 19.0 Å². The molecule has 26 heavy (non-hydrogen) atoms. The van der Waals surface area contributed by atoms with Crippen molar-refractivity contribution >= 4 is 5.97 Å². The summed E-state index contributed by atoms with van der Waals surface area (Å²) in [4.78, 5) is 12.2. The number of carbonyl (C=O) groups is 1. The Hall–Kier alpha value is -2.50. The first-order chi connectivity index (χ1) is 12.2. The van der Waals surface area contributed by atoms with Crippen LogP contribution in [0.3, 0.4) is 0 Å². The molecule has 0 aromatic heterocycles. The largest absolute Gasteiger partial charge is 0.488 e. The number of carbonyl (C=O) groups excluding carboxylic acids is 1. The molecular formula is C20H21F3O3. The van der Waals surface area contributed by atoms with Gasteiger partial charge in [0, 0.05) is 5.56 Å². The number of esters is 1. The highest BCUT2D eigenvalue weighted by atomic mass is 19.4. The van der Waals surface area contributed by atoms with Crippen LogP contribution in [-0.2, 0) is 17.5 Å². The summed E-state index contributed by atoms with van der Waals surface area (Å²) >= 11 is 0. The first kappa shape index (κ1) is 19.8. The van der Waals surface area contributed by atoms with Crippen molar-refractivity contribution in [3.63, 3.8) is 0 Å². The molecule has 0 spiro atoms. The fraction of sp³-hybridized carbons (Fsp3) is 0.350. The summed E-state index contributed by atoms with van der Waals surface area (Å²) in [6.45, 7) is 5.36. The summed E-state index contributed by atoms with van der Waals surface area (Å²) in [6.07, 6.45) is -3.84. The molecule has 0 saturated carbocycles. The number of rotatable bonds is 6. The molecule has 0 fully saturated rings. The van der Waals surface area contributed by atoms with Crippen LogP contribution in [0, 0.1) is 13.8 Å². The minimum atomic E-state index is -4.52. The highest BCUT2D eigenvalue weighted by molar-refractivity contribution is 5.91. The highest BCUT2D eigenvalue weighted by Gasteiger charge is 2.34. The average Bonchev–Trinajstić information content (AvgIpc) is 2.58. The molecule has 6 heteroatoms. The van der Waals surface area contributed by atoms with Gasteiger partial charge in [-0.1, -0.05) is 30.7 Å². The Kier molecular flexibility index (Phi) is 6.29. The average molecular weight is 366 g/mol. The fourth-order valence-corrected chi connectivity index (χ4v) is 2.50. The van der Waals surface area contributed by atoms with Crippen molar-refractivity contribution < 1.29 is 27.4 Å². The molecule has 0 amide bonds. The third-order valence-electron chi connectivity index (χ3n) is 3.88. The molecule has 0 bridgehead atoms. The zero-order valence-corrected chi connectivity index (χ0v) is 14.9. The van der Waals surface area contributed by atoms with Crippen LogP contribution >= 0.6 is 0 Å². The van der Waals surface area contributed by atoms with Gasteiger partial charge in [0.15, 0.2) is 0 Å². The van der Waals surface area contributed by atoms with E-state index in [9.17, 15) is 18.0 Å². The van der Waals surface area contributed by atoms with Crippen LogP contribution in [0.4, 0.5) is 13.2 Å². The summed E-state index contributed by atoms with van der Waals surface area (Å²) < 4.78 is 50.3. The number of aryl methyl sites for hydroxylation is 2.